The number of likely N-dealkylation sites (tertiary alicyclic amines) is 1. The van der Waals surface area contributed by atoms with Crippen LogP contribution in [0.3, 0.4) is 0 Å². The monoisotopic (exact) mass is 197 g/mol. The van der Waals surface area contributed by atoms with Crippen LogP contribution in [0.25, 0.3) is 0 Å². The quantitative estimate of drug-likeness (QED) is 0.666. The molecule has 0 atom stereocenters. The molecule has 0 amide bonds. The van der Waals surface area contributed by atoms with Crippen LogP contribution >= 0.6 is 0 Å². The maximum atomic E-state index is 2.65. The lowest BCUT2D eigenvalue weighted by Crippen LogP contribution is -2.41. The van der Waals surface area contributed by atoms with E-state index in [0.717, 1.165) is 5.92 Å². The molecule has 1 fully saturated rings. The third-order valence-electron chi connectivity index (χ3n) is 4.04. The molecule has 1 aliphatic heterocycles. The number of piperidine rings is 1. The lowest BCUT2D eigenvalue weighted by atomic mass is 9.74. The van der Waals surface area contributed by atoms with Gasteiger partial charge in [-0.3, -0.25) is 0 Å². The average molecular weight is 197 g/mol. The van der Waals surface area contributed by atoms with Crippen molar-refractivity contribution in [2.45, 2.75) is 53.4 Å². The van der Waals surface area contributed by atoms with Crippen molar-refractivity contribution >= 4 is 0 Å². The standard InChI is InChI=1S/C13H27N/c1-5-13(6-2)7-9-14(10-8-13)11-12(3)4/h12H,5-11H2,1-4H3. The van der Waals surface area contributed by atoms with Gasteiger partial charge in [-0.15, -0.1) is 0 Å². The van der Waals surface area contributed by atoms with Crippen molar-refractivity contribution in [1.82, 2.24) is 4.90 Å². The molecule has 1 nitrogen and oxygen atoms in total. The Bertz CT molecular complexity index is 149. The molecule has 1 heteroatoms. The zero-order valence-electron chi connectivity index (χ0n) is 10.5. The van der Waals surface area contributed by atoms with Crippen LogP contribution in [-0.2, 0) is 0 Å². The van der Waals surface area contributed by atoms with Gasteiger partial charge in [0.2, 0.25) is 0 Å². The lowest BCUT2D eigenvalue weighted by Gasteiger charge is -2.41. The van der Waals surface area contributed by atoms with Crippen molar-refractivity contribution in [3.63, 3.8) is 0 Å². The Morgan fingerprint density at radius 1 is 1.07 bits per heavy atom. The Morgan fingerprint density at radius 3 is 1.93 bits per heavy atom. The lowest BCUT2D eigenvalue weighted by molar-refractivity contribution is 0.0878. The molecule has 0 aromatic carbocycles. The minimum atomic E-state index is 0.688. The van der Waals surface area contributed by atoms with Crippen molar-refractivity contribution < 1.29 is 0 Å². The fourth-order valence-corrected chi connectivity index (χ4v) is 2.68. The van der Waals surface area contributed by atoms with E-state index in [0.29, 0.717) is 5.41 Å². The molecule has 0 N–H and O–H groups in total. The van der Waals surface area contributed by atoms with E-state index in [1.165, 1.54) is 45.3 Å². The van der Waals surface area contributed by atoms with Gasteiger partial charge < -0.3 is 4.90 Å². The molecule has 1 rings (SSSR count). The van der Waals surface area contributed by atoms with Gasteiger partial charge in [0, 0.05) is 6.54 Å². The topological polar surface area (TPSA) is 3.24 Å². The Kier molecular flexibility index (Phi) is 4.43. The summed E-state index contributed by atoms with van der Waals surface area (Å²) in [6.07, 6.45) is 5.59. The van der Waals surface area contributed by atoms with E-state index in [4.69, 9.17) is 0 Å². The molecule has 0 bridgehead atoms. The van der Waals surface area contributed by atoms with Gasteiger partial charge in [-0.1, -0.05) is 40.5 Å². The second-order valence-electron chi connectivity index (χ2n) is 5.40. The van der Waals surface area contributed by atoms with Crippen LogP contribution in [0.5, 0.6) is 0 Å². The van der Waals surface area contributed by atoms with Crippen LogP contribution in [-0.4, -0.2) is 24.5 Å². The van der Waals surface area contributed by atoms with Crippen LogP contribution in [0.4, 0.5) is 0 Å². The van der Waals surface area contributed by atoms with Crippen LogP contribution in [0.1, 0.15) is 53.4 Å². The van der Waals surface area contributed by atoms with Crippen LogP contribution in [0, 0.1) is 11.3 Å². The summed E-state index contributed by atoms with van der Waals surface area (Å²) in [6, 6.07) is 0. The van der Waals surface area contributed by atoms with E-state index in [1.54, 1.807) is 0 Å². The Labute approximate surface area is 89.9 Å². The fraction of sp³-hybridized carbons (Fsp3) is 1.00. The minimum Gasteiger partial charge on any atom is -0.303 e. The van der Waals surface area contributed by atoms with E-state index in [-0.39, 0.29) is 0 Å². The normalized spacial score (nSPS) is 22.9. The van der Waals surface area contributed by atoms with Gasteiger partial charge in [0.25, 0.3) is 0 Å². The first-order valence-corrected chi connectivity index (χ1v) is 6.34. The van der Waals surface area contributed by atoms with E-state index in [9.17, 15) is 0 Å². The highest BCUT2D eigenvalue weighted by atomic mass is 15.1. The Morgan fingerprint density at radius 2 is 1.57 bits per heavy atom. The molecule has 0 radical (unpaired) electrons. The molecule has 1 saturated heterocycles. The smallest absolute Gasteiger partial charge is 0.000439 e. The number of hydrogen-bond acceptors (Lipinski definition) is 1. The van der Waals surface area contributed by atoms with Gasteiger partial charge >= 0.3 is 0 Å². The Hall–Kier alpha value is -0.0400. The van der Waals surface area contributed by atoms with Gasteiger partial charge in [0.1, 0.15) is 0 Å². The fourth-order valence-electron chi connectivity index (χ4n) is 2.68. The van der Waals surface area contributed by atoms with Crippen LogP contribution in [0.2, 0.25) is 0 Å². The van der Waals surface area contributed by atoms with E-state index in [2.05, 4.69) is 32.6 Å². The summed E-state index contributed by atoms with van der Waals surface area (Å²) in [5, 5.41) is 0. The average Bonchev–Trinajstić information content (AvgIpc) is 2.19. The van der Waals surface area contributed by atoms with Crippen molar-refractivity contribution in [3.05, 3.63) is 0 Å². The van der Waals surface area contributed by atoms with Crippen molar-refractivity contribution in [2.75, 3.05) is 19.6 Å². The molecule has 0 unspecified atom stereocenters. The molecular weight excluding hydrogens is 170 g/mol. The van der Waals surface area contributed by atoms with Gasteiger partial charge in [0.15, 0.2) is 0 Å². The predicted octanol–water partition coefficient (Wildman–Crippen LogP) is 3.54. The number of rotatable bonds is 4. The maximum Gasteiger partial charge on any atom is 0.000439 e. The third-order valence-corrected chi connectivity index (χ3v) is 4.04. The summed E-state index contributed by atoms with van der Waals surface area (Å²) in [4.78, 5) is 2.65. The van der Waals surface area contributed by atoms with Crippen LogP contribution < -0.4 is 0 Å². The summed E-state index contributed by atoms with van der Waals surface area (Å²) < 4.78 is 0. The number of nitrogens with zero attached hydrogens (tertiary/aromatic N) is 1. The molecule has 84 valence electrons. The van der Waals surface area contributed by atoms with Crippen LogP contribution in [0.15, 0.2) is 0 Å². The Balaban J connectivity index is 2.37. The predicted molar refractivity (Wildman–Crippen MR) is 63.5 cm³/mol. The molecule has 0 aromatic heterocycles. The summed E-state index contributed by atoms with van der Waals surface area (Å²) in [7, 11) is 0. The van der Waals surface area contributed by atoms with Crippen molar-refractivity contribution in [2.24, 2.45) is 11.3 Å². The summed E-state index contributed by atoms with van der Waals surface area (Å²) in [5.41, 5.74) is 0.688. The second kappa shape index (κ2) is 5.16. The molecule has 1 heterocycles. The maximum absolute atomic E-state index is 2.65. The third kappa shape index (κ3) is 2.98. The highest BCUT2D eigenvalue weighted by molar-refractivity contribution is 4.84. The molecule has 0 aliphatic carbocycles. The molecule has 0 aromatic rings. The summed E-state index contributed by atoms with van der Waals surface area (Å²) >= 11 is 0. The van der Waals surface area contributed by atoms with Crippen molar-refractivity contribution in [1.29, 1.82) is 0 Å². The first-order chi connectivity index (χ1) is 6.62. The van der Waals surface area contributed by atoms with Gasteiger partial charge in [0.05, 0.1) is 0 Å². The van der Waals surface area contributed by atoms with E-state index < -0.39 is 0 Å². The number of hydrogen-bond donors (Lipinski definition) is 0. The molecule has 0 saturated carbocycles. The van der Waals surface area contributed by atoms with Crippen molar-refractivity contribution in [3.8, 4) is 0 Å². The molecule has 0 spiro atoms. The zero-order valence-corrected chi connectivity index (χ0v) is 10.5. The largest absolute Gasteiger partial charge is 0.303 e. The highest BCUT2D eigenvalue weighted by Gasteiger charge is 2.30. The minimum absolute atomic E-state index is 0.688. The highest BCUT2D eigenvalue weighted by Crippen LogP contribution is 2.37. The van der Waals surface area contributed by atoms with Gasteiger partial charge in [-0.2, -0.15) is 0 Å². The first-order valence-electron chi connectivity index (χ1n) is 6.34. The summed E-state index contributed by atoms with van der Waals surface area (Å²) in [6.45, 7) is 13.3. The molecule has 1 aliphatic rings. The second-order valence-corrected chi connectivity index (χ2v) is 5.40. The van der Waals surface area contributed by atoms with E-state index in [1.807, 2.05) is 0 Å². The van der Waals surface area contributed by atoms with Gasteiger partial charge in [-0.05, 0) is 37.3 Å². The van der Waals surface area contributed by atoms with E-state index >= 15 is 0 Å². The zero-order chi connectivity index (χ0) is 10.6. The molecule has 14 heavy (non-hydrogen) atoms. The SMILES string of the molecule is CCC1(CC)CCN(CC(C)C)CC1. The molecular formula is C13H27N. The first kappa shape index (κ1) is 12.0. The summed E-state index contributed by atoms with van der Waals surface area (Å²) in [5.74, 6) is 0.825. The van der Waals surface area contributed by atoms with Gasteiger partial charge in [-0.25, -0.2) is 0 Å².